The highest BCUT2D eigenvalue weighted by Gasteiger charge is 2.32. The molecule has 0 bridgehead atoms. The number of carboxylic acids is 1. The molecule has 2 nitrogen and oxygen atoms in total. The summed E-state index contributed by atoms with van der Waals surface area (Å²) in [6.07, 6.45) is 14.0. The summed E-state index contributed by atoms with van der Waals surface area (Å²) in [5, 5.41) is 9.61. The molecule has 0 saturated carbocycles. The van der Waals surface area contributed by atoms with Crippen LogP contribution in [0.1, 0.15) is 102 Å². The number of carbonyl (C=O) groups is 1. The lowest BCUT2D eigenvalue weighted by atomic mass is 9.86. The second-order valence-corrected chi connectivity index (χ2v) is 12.2. The van der Waals surface area contributed by atoms with Crippen LogP contribution in [0, 0.1) is 5.41 Å². The van der Waals surface area contributed by atoms with Crippen LogP contribution in [0.4, 0.5) is 0 Å². The van der Waals surface area contributed by atoms with Gasteiger partial charge < -0.3 is 5.11 Å². The lowest BCUT2D eigenvalue weighted by Gasteiger charge is -2.26. The first-order chi connectivity index (χ1) is 14.4. The van der Waals surface area contributed by atoms with Gasteiger partial charge in [-0.05, 0) is 38.0 Å². The SMILES string of the molecule is CCCCCCCCCCCCSC(=S)SC(CC(C)(C)C(=O)O)c1ccccc1. The molecule has 0 amide bonds. The molecule has 0 heterocycles. The first-order valence-electron chi connectivity index (χ1n) is 11.5. The van der Waals surface area contributed by atoms with E-state index in [0.717, 1.165) is 14.8 Å². The van der Waals surface area contributed by atoms with E-state index in [1.807, 2.05) is 18.2 Å². The molecule has 0 fully saturated rings. The van der Waals surface area contributed by atoms with Crippen molar-refractivity contribution in [2.45, 2.75) is 96.7 Å². The maximum Gasteiger partial charge on any atom is 0.309 e. The average molecular weight is 469 g/mol. The van der Waals surface area contributed by atoms with Crippen LogP contribution in [0.25, 0.3) is 0 Å². The minimum absolute atomic E-state index is 0.0741. The van der Waals surface area contributed by atoms with Gasteiger partial charge in [0, 0.05) is 5.25 Å². The first-order valence-corrected chi connectivity index (χ1v) is 13.8. The maximum absolute atomic E-state index is 11.6. The van der Waals surface area contributed by atoms with E-state index in [2.05, 4.69) is 19.1 Å². The molecular formula is C25H40O2S3. The Bertz CT molecular complexity index is 602. The Balaban J connectivity index is 2.30. The van der Waals surface area contributed by atoms with Crippen molar-refractivity contribution in [3.8, 4) is 0 Å². The highest BCUT2D eigenvalue weighted by Crippen LogP contribution is 2.42. The molecule has 0 aliphatic carbocycles. The van der Waals surface area contributed by atoms with Gasteiger partial charge in [-0.3, -0.25) is 4.79 Å². The molecule has 1 unspecified atom stereocenters. The van der Waals surface area contributed by atoms with Gasteiger partial charge in [0.25, 0.3) is 0 Å². The second-order valence-electron chi connectivity index (χ2n) is 8.69. The van der Waals surface area contributed by atoms with E-state index >= 15 is 0 Å². The molecule has 0 saturated heterocycles. The summed E-state index contributed by atoms with van der Waals surface area (Å²) in [7, 11) is 0. The maximum atomic E-state index is 11.6. The summed E-state index contributed by atoms with van der Waals surface area (Å²) in [4.78, 5) is 11.6. The van der Waals surface area contributed by atoms with Crippen molar-refractivity contribution in [3.63, 3.8) is 0 Å². The van der Waals surface area contributed by atoms with Crippen LogP contribution in [-0.2, 0) is 4.79 Å². The summed E-state index contributed by atoms with van der Waals surface area (Å²) < 4.78 is 0.931. The molecule has 1 N–H and O–H groups in total. The van der Waals surface area contributed by atoms with Gasteiger partial charge in [-0.15, -0.1) is 11.8 Å². The molecule has 1 rings (SSSR count). The fourth-order valence-corrected chi connectivity index (χ4v) is 6.35. The van der Waals surface area contributed by atoms with Gasteiger partial charge in [-0.1, -0.05) is 119 Å². The number of hydrogen-bond donors (Lipinski definition) is 1. The van der Waals surface area contributed by atoms with Gasteiger partial charge in [0.05, 0.1) is 5.41 Å². The molecule has 1 atom stereocenters. The molecule has 170 valence electrons. The quantitative estimate of drug-likeness (QED) is 0.194. The third kappa shape index (κ3) is 12.4. The number of thiocarbonyl (C=S) groups is 1. The number of benzene rings is 1. The molecule has 0 aliphatic rings. The summed E-state index contributed by atoms with van der Waals surface area (Å²) in [5.74, 6) is 0.305. The molecule has 0 aliphatic heterocycles. The van der Waals surface area contributed by atoms with Crippen LogP contribution >= 0.6 is 35.7 Å². The molecule has 1 aromatic carbocycles. The number of carboxylic acid groups (broad SMARTS) is 1. The van der Waals surface area contributed by atoms with Crippen molar-refractivity contribution < 1.29 is 9.90 Å². The topological polar surface area (TPSA) is 37.3 Å². The summed E-state index contributed by atoms with van der Waals surface area (Å²) in [6.45, 7) is 5.86. The predicted octanol–water partition coefficient (Wildman–Crippen LogP) is 8.90. The average Bonchev–Trinajstić information content (AvgIpc) is 2.72. The standard InChI is InChI=1S/C25H40O2S3/c1-4-5-6-7-8-9-10-11-12-16-19-29-24(28)30-22(20-25(2,3)23(26)27)21-17-14-13-15-18-21/h13-15,17-18,22H,4-12,16,19-20H2,1-3H3,(H,26,27). The molecule has 0 spiro atoms. The van der Waals surface area contributed by atoms with Crippen molar-refractivity contribution in [2.24, 2.45) is 5.41 Å². The summed E-state index contributed by atoms with van der Waals surface area (Å²) in [5.41, 5.74) is 0.378. The van der Waals surface area contributed by atoms with Crippen LogP contribution in [0.2, 0.25) is 0 Å². The van der Waals surface area contributed by atoms with Crippen molar-refractivity contribution in [3.05, 3.63) is 35.9 Å². The highest BCUT2D eigenvalue weighted by molar-refractivity contribution is 8.47. The summed E-state index contributed by atoms with van der Waals surface area (Å²) in [6, 6.07) is 10.2. The molecular weight excluding hydrogens is 428 g/mol. The van der Waals surface area contributed by atoms with Gasteiger partial charge in [-0.2, -0.15) is 0 Å². The number of aliphatic carboxylic acids is 1. The number of rotatable bonds is 16. The lowest BCUT2D eigenvalue weighted by molar-refractivity contribution is -0.147. The minimum Gasteiger partial charge on any atom is -0.481 e. The van der Waals surface area contributed by atoms with E-state index < -0.39 is 11.4 Å². The molecule has 0 aromatic heterocycles. The fraction of sp³-hybridized carbons (Fsp3) is 0.680. The smallest absolute Gasteiger partial charge is 0.309 e. The third-order valence-electron chi connectivity index (χ3n) is 5.40. The first kappa shape index (κ1) is 27.5. The Hall–Kier alpha value is -0.520. The van der Waals surface area contributed by atoms with E-state index in [1.54, 1.807) is 37.4 Å². The van der Waals surface area contributed by atoms with E-state index in [4.69, 9.17) is 12.2 Å². The summed E-state index contributed by atoms with van der Waals surface area (Å²) >= 11 is 9.05. The van der Waals surface area contributed by atoms with Gasteiger partial charge >= 0.3 is 5.97 Å². The van der Waals surface area contributed by atoms with Crippen LogP contribution < -0.4 is 0 Å². The Morgan fingerprint density at radius 2 is 1.50 bits per heavy atom. The second kappa shape index (κ2) is 16.2. The Kier molecular flexibility index (Phi) is 14.8. The van der Waals surface area contributed by atoms with Crippen molar-refractivity contribution >= 4 is 45.2 Å². The minimum atomic E-state index is -0.773. The third-order valence-corrected chi connectivity index (χ3v) is 8.33. The van der Waals surface area contributed by atoms with Crippen LogP contribution in [-0.4, -0.2) is 20.4 Å². The zero-order valence-corrected chi connectivity index (χ0v) is 21.5. The van der Waals surface area contributed by atoms with E-state index in [1.165, 1.54) is 64.2 Å². The molecule has 1 aromatic rings. The largest absolute Gasteiger partial charge is 0.481 e. The number of hydrogen-bond acceptors (Lipinski definition) is 4. The van der Waals surface area contributed by atoms with E-state index in [-0.39, 0.29) is 5.25 Å². The van der Waals surface area contributed by atoms with Crippen LogP contribution in [0.15, 0.2) is 30.3 Å². The Morgan fingerprint density at radius 1 is 0.967 bits per heavy atom. The normalized spacial score (nSPS) is 12.6. The molecule has 30 heavy (non-hydrogen) atoms. The van der Waals surface area contributed by atoms with E-state index in [9.17, 15) is 9.90 Å². The molecule has 0 radical (unpaired) electrons. The fourth-order valence-electron chi connectivity index (χ4n) is 3.34. The van der Waals surface area contributed by atoms with Crippen LogP contribution in [0.5, 0.6) is 0 Å². The Morgan fingerprint density at radius 3 is 2.03 bits per heavy atom. The zero-order valence-electron chi connectivity index (χ0n) is 19.0. The van der Waals surface area contributed by atoms with E-state index in [0.29, 0.717) is 6.42 Å². The number of thioether (sulfide) groups is 2. The highest BCUT2D eigenvalue weighted by atomic mass is 32.2. The zero-order chi connectivity index (χ0) is 22.2. The Labute approximate surface area is 198 Å². The molecule has 5 heteroatoms. The predicted molar refractivity (Wildman–Crippen MR) is 140 cm³/mol. The van der Waals surface area contributed by atoms with Crippen molar-refractivity contribution in [1.29, 1.82) is 0 Å². The van der Waals surface area contributed by atoms with Gasteiger partial charge in [0.15, 0.2) is 0 Å². The van der Waals surface area contributed by atoms with Crippen LogP contribution in [0.3, 0.4) is 0 Å². The van der Waals surface area contributed by atoms with Gasteiger partial charge in [-0.25, -0.2) is 0 Å². The lowest BCUT2D eigenvalue weighted by Crippen LogP contribution is -2.25. The van der Waals surface area contributed by atoms with Gasteiger partial charge in [0.1, 0.15) is 3.53 Å². The monoisotopic (exact) mass is 468 g/mol. The number of unbranched alkanes of at least 4 members (excludes halogenated alkanes) is 9. The van der Waals surface area contributed by atoms with Crippen molar-refractivity contribution in [2.75, 3.05) is 5.75 Å². The van der Waals surface area contributed by atoms with Gasteiger partial charge in [0.2, 0.25) is 0 Å². The van der Waals surface area contributed by atoms with Crippen molar-refractivity contribution in [1.82, 2.24) is 0 Å².